The molecule has 1 aliphatic carbocycles. The van der Waals surface area contributed by atoms with Crippen LogP contribution in [0.4, 0.5) is 0 Å². The van der Waals surface area contributed by atoms with Crippen LogP contribution in [0.25, 0.3) is 0 Å². The van der Waals surface area contributed by atoms with Crippen LogP contribution in [0.2, 0.25) is 0 Å². The van der Waals surface area contributed by atoms with Gasteiger partial charge < -0.3 is 9.80 Å². The number of carbonyl (C=O) groups is 2. The Morgan fingerprint density at radius 1 is 0.857 bits per heavy atom. The van der Waals surface area contributed by atoms with Gasteiger partial charge in [-0.2, -0.15) is 0 Å². The Morgan fingerprint density at radius 2 is 1.33 bits per heavy atom. The van der Waals surface area contributed by atoms with Crippen molar-refractivity contribution in [2.24, 2.45) is 5.41 Å². The first-order valence-corrected chi connectivity index (χ1v) is 8.24. The van der Waals surface area contributed by atoms with E-state index in [2.05, 4.69) is 4.90 Å². The molecule has 21 heavy (non-hydrogen) atoms. The molecule has 0 bridgehead atoms. The first-order valence-electron chi connectivity index (χ1n) is 8.24. The van der Waals surface area contributed by atoms with Crippen LogP contribution in [0.5, 0.6) is 0 Å². The molecule has 2 aliphatic heterocycles. The number of carbonyl (C=O) groups excluding carboxylic acids is 2. The quantitative estimate of drug-likeness (QED) is 0.730. The average molecular weight is 295 g/mol. The number of amides is 2. The summed E-state index contributed by atoms with van der Waals surface area (Å²) in [5.74, 6) is 0.407. The fourth-order valence-electron chi connectivity index (χ4n) is 3.84. The number of likely N-dealkylation sites (tertiary alicyclic amines) is 1. The SMILES string of the molecule is CC.CC(=O)N1CCN(C2CC3(C2)CN(C(C)=O)C3)CC1. The van der Waals surface area contributed by atoms with Crippen molar-refractivity contribution in [1.29, 1.82) is 0 Å². The molecule has 1 saturated carbocycles. The zero-order valence-electron chi connectivity index (χ0n) is 13.9. The molecular weight excluding hydrogens is 266 g/mol. The van der Waals surface area contributed by atoms with Crippen molar-refractivity contribution < 1.29 is 9.59 Å². The summed E-state index contributed by atoms with van der Waals surface area (Å²) in [4.78, 5) is 28.9. The summed E-state index contributed by atoms with van der Waals surface area (Å²) in [6.07, 6.45) is 2.47. The van der Waals surface area contributed by atoms with E-state index in [-0.39, 0.29) is 11.8 Å². The maximum atomic E-state index is 11.3. The summed E-state index contributed by atoms with van der Waals surface area (Å²) in [5, 5.41) is 0. The molecule has 0 aromatic heterocycles. The molecular formula is C16H29N3O2. The lowest BCUT2D eigenvalue weighted by Gasteiger charge is -2.61. The molecule has 0 aromatic carbocycles. The topological polar surface area (TPSA) is 43.9 Å². The Labute approximate surface area is 128 Å². The zero-order chi connectivity index (χ0) is 15.6. The zero-order valence-corrected chi connectivity index (χ0v) is 13.9. The highest BCUT2D eigenvalue weighted by Gasteiger charge is 2.54. The summed E-state index contributed by atoms with van der Waals surface area (Å²) >= 11 is 0. The van der Waals surface area contributed by atoms with E-state index in [4.69, 9.17) is 0 Å². The monoisotopic (exact) mass is 295 g/mol. The second kappa shape index (κ2) is 6.34. The summed E-state index contributed by atoms with van der Waals surface area (Å²) in [5.41, 5.74) is 0.439. The lowest BCUT2D eigenvalue weighted by atomic mass is 9.60. The molecule has 120 valence electrons. The molecule has 0 atom stereocenters. The number of rotatable bonds is 1. The summed E-state index contributed by atoms with van der Waals surface area (Å²) < 4.78 is 0. The van der Waals surface area contributed by atoms with E-state index in [1.54, 1.807) is 13.8 Å². The van der Waals surface area contributed by atoms with E-state index < -0.39 is 0 Å². The van der Waals surface area contributed by atoms with Gasteiger partial charge in [0.1, 0.15) is 0 Å². The number of hydrogen-bond donors (Lipinski definition) is 0. The Morgan fingerprint density at radius 3 is 1.76 bits per heavy atom. The van der Waals surface area contributed by atoms with Gasteiger partial charge in [-0.15, -0.1) is 0 Å². The third-order valence-corrected chi connectivity index (χ3v) is 5.11. The molecule has 5 heteroatoms. The summed E-state index contributed by atoms with van der Waals surface area (Å²) in [7, 11) is 0. The van der Waals surface area contributed by atoms with Gasteiger partial charge in [-0.05, 0) is 12.8 Å². The highest BCUT2D eigenvalue weighted by Crippen LogP contribution is 2.50. The molecule has 0 radical (unpaired) electrons. The molecule has 0 unspecified atom stereocenters. The van der Waals surface area contributed by atoms with Crippen LogP contribution in [0, 0.1) is 5.41 Å². The van der Waals surface area contributed by atoms with Gasteiger partial charge in [0, 0.05) is 64.6 Å². The molecule has 5 nitrogen and oxygen atoms in total. The minimum atomic E-state index is 0.195. The Bertz CT molecular complexity index is 388. The normalized spacial score (nSPS) is 24.8. The van der Waals surface area contributed by atoms with Crippen molar-refractivity contribution in [3.8, 4) is 0 Å². The Balaban J connectivity index is 0.000000774. The first-order chi connectivity index (χ1) is 9.99. The standard InChI is InChI=1S/C14H23N3O2.C2H6/c1-11(18)15-3-5-16(6-4-15)13-7-14(8-13)9-17(10-14)12(2)19;1-2/h13H,3-10H2,1-2H3;1-2H3. The van der Waals surface area contributed by atoms with Crippen LogP contribution in [0.1, 0.15) is 40.5 Å². The van der Waals surface area contributed by atoms with Crippen molar-refractivity contribution in [1.82, 2.24) is 14.7 Å². The maximum Gasteiger partial charge on any atom is 0.219 e. The van der Waals surface area contributed by atoms with E-state index in [9.17, 15) is 9.59 Å². The first kappa shape index (κ1) is 16.3. The van der Waals surface area contributed by atoms with Gasteiger partial charge >= 0.3 is 0 Å². The molecule has 2 heterocycles. The van der Waals surface area contributed by atoms with Gasteiger partial charge in [0.05, 0.1) is 0 Å². The lowest BCUT2D eigenvalue weighted by Crippen LogP contribution is -2.68. The average Bonchev–Trinajstić information content (AvgIpc) is 2.38. The molecule has 2 saturated heterocycles. The highest BCUT2D eigenvalue weighted by molar-refractivity contribution is 5.74. The van der Waals surface area contributed by atoms with E-state index in [1.807, 2.05) is 23.6 Å². The van der Waals surface area contributed by atoms with Gasteiger partial charge in [-0.1, -0.05) is 13.8 Å². The molecule has 3 fully saturated rings. The van der Waals surface area contributed by atoms with Crippen molar-refractivity contribution in [2.75, 3.05) is 39.3 Å². The number of hydrogen-bond acceptors (Lipinski definition) is 3. The molecule has 0 N–H and O–H groups in total. The lowest BCUT2D eigenvalue weighted by molar-refractivity contribution is -0.156. The smallest absolute Gasteiger partial charge is 0.219 e. The van der Waals surface area contributed by atoms with Crippen LogP contribution < -0.4 is 0 Å². The Kier molecular flexibility index (Phi) is 4.91. The predicted molar refractivity (Wildman–Crippen MR) is 82.9 cm³/mol. The second-order valence-electron chi connectivity index (χ2n) is 6.48. The molecule has 3 rings (SSSR count). The number of nitrogens with zero attached hydrogens (tertiary/aromatic N) is 3. The maximum absolute atomic E-state index is 11.3. The van der Waals surface area contributed by atoms with E-state index in [0.29, 0.717) is 11.5 Å². The van der Waals surface area contributed by atoms with Crippen molar-refractivity contribution in [2.45, 2.75) is 46.6 Å². The molecule has 1 spiro atoms. The van der Waals surface area contributed by atoms with Gasteiger partial charge in [0.2, 0.25) is 11.8 Å². The van der Waals surface area contributed by atoms with Crippen LogP contribution in [-0.2, 0) is 9.59 Å². The third-order valence-electron chi connectivity index (χ3n) is 5.11. The third kappa shape index (κ3) is 3.23. The van der Waals surface area contributed by atoms with Gasteiger partial charge in [0.25, 0.3) is 0 Å². The van der Waals surface area contributed by atoms with Gasteiger partial charge in [-0.3, -0.25) is 14.5 Å². The van der Waals surface area contributed by atoms with Gasteiger partial charge in [-0.25, -0.2) is 0 Å². The minimum absolute atomic E-state index is 0.195. The number of piperazine rings is 1. The fraction of sp³-hybridized carbons (Fsp3) is 0.875. The highest BCUT2D eigenvalue weighted by atomic mass is 16.2. The second-order valence-corrected chi connectivity index (χ2v) is 6.48. The van der Waals surface area contributed by atoms with Crippen LogP contribution >= 0.6 is 0 Å². The summed E-state index contributed by atoms with van der Waals surface area (Å²) in [6, 6.07) is 0.684. The summed E-state index contributed by atoms with van der Waals surface area (Å²) in [6.45, 7) is 13.0. The predicted octanol–water partition coefficient (Wildman–Crippen LogP) is 1.19. The largest absolute Gasteiger partial charge is 0.342 e. The van der Waals surface area contributed by atoms with Gasteiger partial charge in [0.15, 0.2) is 0 Å². The molecule has 3 aliphatic rings. The van der Waals surface area contributed by atoms with E-state index in [1.165, 1.54) is 12.8 Å². The van der Waals surface area contributed by atoms with E-state index >= 15 is 0 Å². The minimum Gasteiger partial charge on any atom is -0.342 e. The van der Waals surface area contributed by atoms with Crippen LogP contribution in [0.3, 0.4) is 0 Å². The molecule has 2 amide bonds. The van der Waals surface area contributed by atoms with Crippen LogP contribution in [-0.4, -0.2) is 71.8 Å². The van der Waals surface area contributed by atoms with Crippen molar-refractivity contribution in [3.05, 3.63) is 0 Å². The van der Waals surface area contributed by atoms with Crippen LogP contribution in [0.15, 0.2) is 0 Å². The van der Waals surface area contributed by atoms with Crippen molar-refractivity contribution >= 4 is 11.8 Å². The van der Waals surface area contributed by atoms with Crippen molar-refractivity contribution in [3.63, 3.8) is 0 Å². The molecule has 0 aromatic rings. The Hall–Kier alpha value is -1.10. The fourth-order valence-corrected chi connectivity index (χ4v) is 3.84. The van der Waals surface area contributed by atoms with E-state index in [0.717, 1.165) is 39.3 Å².